The van der Waals surface area contributed by atoms with E-state index in [9.17, 15) is 10.1 Å². The Labute approximate surface area is 156 Å². The maximum absolute atomic E-state index is 12.5. The molecule has 0 fully saturated rings. The molecule has 3 aromatic carbocycles. The Morgan fingerprint density at radius 1 is 1.12 bits per heavy atom. The lowest BCUT2D eigenvalue weighted by Crippen LogP contribution is -2.13. The molecule has 5 heteroatoms. The number of carbonyl (C=O) groups excluding carboxylic acids is 1. The normalized spacial score (nSPS) is 11.0. The summed E-state index contributed by atoms with van der Waals surface area (Å²) in [5.74, 6) is 0.0977. The predicted octanol–water partition coefficient (Wildman–Crippen LogP) is 5.05. The maximum atomic E-state index is 12.5. The molecule has 0 bridgehead atoms. The molecule has 26 heavy (non-hydrogen) atoms. The molecule has 128 valence electrons. The number of benzene rings is 3. The smallest absolute Gasteiger partial charge is 0.266 e. The lowest BCUT2D eigenvalue weighted by molar-refractivity contribution is -0.112. The average Bonchev–Trinajstić information content (AvgIpc) is 2.67. The summed E-state index contributed by atoms with van der Waals surface area (Å²) in [4.78, 5) is 12.5. The van der Waals surface area contributed by atoms with Crippen LogP contribution in [0.4, 0.5) is 5.69 Å². The zero-order valence-electron chi connectivity index (χ0n) is 14.0. The van der Waals surface area contributed by atoms with Crippen LogP contribution in [0.2, 0.25) is 5.02 Å². The third-order valence-electron chi connectivity index (χ3n) is 3.91. The highest BCUT2D eigenvalue weighted by Gasteiger charge is 2.13. The summed E-state index contributed by atoms with van der Waals surface area (Å²) in [6, 6.07) is 20.1. The number of anilines is 1. The number of ether oxygens (including phenoxy) is 1. The predicted molar refractivity (Wildman–Crippen MR) is 104 cm³/mol. The van der Waals surface area contributed by atoms with E-state index in [-0.39, 0.29) is 5.57 Å². The topological polar surface area (TPSA) is 62.1 Å². The first kappa shape index (κ1) is 17.5. The third kappa shape index (κ3) is 3.69. The lowest BCUT2D eigenvalue weighted by Gasteiger charge is -2.10. The number of nitriles is 1. The van der Waals surface area contributed by atoms with Crippen LogP contribution in [-0.4, -0.2) is 13.0 Å². The zero-order valence-corrected chi connectivity index (χ0v) is 14.7. The van der Waals surface area contributed by atoms with Gasteiger partial charge in [-0.3, -0.25) is 4.79 Å². The summed E-state index contributed by atoms with van der Waals surface area (Å²) in [6.07, 6.45) is 1.55. The monoisotopic (exact) mass is 362 g/mol. The van der Waals surface area contributed by atoms with Gasteiger partial charge in [0.2, 0.25) is 0 Å². The maximum Gasteiger partial charge on any atom is 0.266 e. The first-order valence-corrected chi connectivity index (χ1v) is 8.24. The molecular weight excluding hydrogens is 348 g/mol. The molecule has 0 radical (unpaired) electrons. The molecule has 3 rings (SSSR count). The summed E-state index contributed by atoms with van der Waals surface area (Å²) >= 11 is 5.84. The Balaban J connectivity index is 2.01. The van der Waals surface area contributed by atoms with Crippen molar-refractivity contribution in [1.29, 1.82) is 5.26 Å². The van der Waals surface area contributed by atoms with Gasteiger partial charge in [-0.2, -0.15) is 5.26 Å². The number of nitrogens with zero attached hydrogens (tertiary/aromatic N) is 1. The van der Waals surface area contributed by atoms with Crippen molar-refractivity contribution < 1.29 is 9.53 Å². The van der Waals surface area contributed by atoms with Gasteiger partial charge in [-0.25, -0.2) is 0 Å². The van der Waals surface area contributed by atoms with Gasteiger partial charge in [0.05, 0.1) is 7.11 Å². The van der Waals surface area contributed by atoms with E-state index in [0.29, 0.717) is 22.0 Å². The fraction of sp³-hybridized carbons (Fsp3) is 0.0476. The van der Waals surface area contributed by atoms with Gasteiger partial charge in [0.25, 0.3) is 5.91 Å². The van der Waals surface area contributed by atoms with Crippen molar-refractivity contribution in [3.63, 3.8) is 0 Å². The SMILES string of the molecule is COc1ccc2ccccc2c1/C=C(\C#N)C(=O)Nc1ccc(Cl)cc1. The lowest BCUT2D eigenvalue weighted by atomic mass is 10.0. The molecule has 0 saturated heterocycles. The Kier molecular flexibility index (Phi) is 5.21. The van der Waals surface area contributed by atoms with Crippen molar-refractivity contribution in [2.45, 2.75) is 0 Å². The highest BCUT2D eigenvalue weighted by Crippen LogP contribution is 2.30. The van der Waals surface area contributed by atoms with E-state index in [1.54, 1.807) is 37.5 Å². The van der Waals surface area contributed by atoms with Gasteiger partial charge < -0.3 is 10.1 Å². The average molecular weight is 363 g/mol. The van der Waals surface area contributed by atoms with Gasteiger partial charge in [0.15, 0.2) is 0 Å². The highest BCUT2D eigenvalue weighted by atomic mass is 35.5. The fourth-order valence-corrected chi connectivity index (χ4v) is 2.75. The van der Waals surface area contributed by atoms with E-state index in [1.165, 1.54) is 0 Å². The van der Waals surface area contributed by atoms with Gasteiger partial charge >= 0.3 is 0 Å². The van der Waals surface area contributed by atoms with E-state index in [2.05, 4.69) is 5.32 Å². The van der Waals surface area contributed by atoms with Crippen LogP contribution in [0.25, 0.3) is 16.8 Å². The summed E-state index contributed by atoms with van der Waals surface area (Å²) < 4.78 is 5.41. The van der Waals surface area contributed by atoms with Gasteiger partial charge in [-0.15, -0.1) is 0 Å². The minimum Gasteiger partial charge on any atom is -0.496 e. The second kappa shape index (κ2) is 7.73. The number of hydrogen-bond donors (Lipinski definition) is 1. The zero-order chi connectivity index (χ0) is 18.5. The summed E-state index contributed by atoms with van der Waals surface area (Å²) in [5.41, 5.74) is 1.23. The van der Waals surface area contributed by atoms with Crippen LogP contribution in [0.1, 0.15) is 5.56 Å². The van der Waals surface area contributed by atoms with E-state index in [0.717, 1.165) is 10.8 Å². The molecule has 1 N–H and O–H groups in total. The second-order valence-electron chi connectivity index (χ2n) is 5.53. The number of carbonyl (C=O) groups is 1. The number of fused-ring (bicyclic) bond motifs is 1. The molecule has 0 saturated carbocycles. The summed E-state index contributed by atoms with van der Waals surface area (Å²) in [7, 11) is 1.56. The molecule has 1 amide bonds. The minimum atomic E-state index is -0.496. The minimum absolute atomic E-state index is 0.0189. The third-order valence-corrected chi connectivity index (χ3v) is 4.16. The molecule has 0 heterocycles. The molecule has 4 nitrogen and oxygen atoms in total. The number of methoxy groups -OCH3 is 1. The molecule has 0 aliphatic rings. The first-order chi connectivity index (χ1) is 12.6. The number of halogens is 1. The molecule has 0 unspecified atom stereocenters. The molecule has 0 atom stereocenters. The van der Waals surface area contributed by atoms with Crippen LogP contribution in [-0.2, 0) is 4.79 Å². The second-order valence-corrected chi connectivity index (χ2v) is 5.97. The van der Waals surface area contributed by atoms with Gasteiger partial charge in [0.1, 0.15) is 17.4 Å². The Morgan fingerprint density at radius 3 is 2.54 bits per heavy atom. The molecule has 3 aromatic rings. The molecule has 0 aliphatic carbocycles. The Bertz CT molecular complexity index is 1030. The highest BCUT2D eigenvalue weighted by molar-refractivity contribution is 6.30. The summed E-state index contributed by atoms with van der Waals surface area (Å²) in [6.45, 7) is 0. The number of hydrogen-bond acceptors (Lipinski definition) is 3. The van der Waals surface area contributed by atoms with Crippen LogP contribution in [0.5, 0.6) is 5.75 Å². The fourth-order valence-electron chi connectivity index (χ4n) is 2.63. The summed E-state index contributed by atoms with van der Waals surface area (Å²) in [5, 5.41) is 14.6. The van der Waals surface area contributed by atoms with Crippen LogP contribution >= 0.6 is 11.6 Å². The van der Waals surface area contributed by atoms with Crippen molar-refractivity contribution in [2.24, 2.45) is 0 Å². The standard InChI is InChI=1S/C21H15ClN2O2/c1-26-20-11-6-14-4-2-3-5-18(14)19(20)12-15(13-23)21(25)24-17-9-7-16(22)8-10-17/h2-12H,1H3,(H,24,25)/b15-12+. The van der Waals surface area contributed by atoms with E-state index in [4.69, 9.17) is 16.3 Å². The van der Waals surface area contributed by atoms with Crippen LogP contribution in [0, 0.1) is 11.3 Å². The van der Waals surface area contributed by atoms with Crippen molar-refractivity contribution >= 4 is 40.0 Å². The van der Waals surface area contributed by atoms with Gasteiger partial charge in [-0.05, 0) is 47.2 Å². The van der Waals surface area contributed by atoms with Crippen molar-refractivity contribution in [1.82, 2.24) is 0 Å². The quantitative estimate of drug-likeness (QED) is 0.522. The van der Waals surface area contributed by atoms with Crippen LogP contribution in [0.15, 0.2) is 66.2 Å². The van der Waals surface area contributed by atoms with Crippen molar-refractivity contribution in [3.05, 3.63) is 76.8 Å². The van der Waals surface area contributed by atoms with E-state index >= 15 is 0 Å². The number of rotatable bonds is 4. The number of amides is 1. The molecule has 0 aliphatic heterocycles. The van der Waals surface area contributed by atoms with Gasteiger partial charge in [-0.1, -0.05) is 41.9 Å². The Hall–Kier alpha value is -3.29. The van der Waals surface area contributed by atoms with Gasteiger partial charge in [0, 0.05) is 16.3 Å². The van der Waals surface area contributed by atoms with E-state index < -0.39 is 5.91 Å². The Morgan fingerprint density at radius 2 is 1.85 bits per heavy atom. The van der Waals surface area contributed by atoms with Crippen molar-refractivity contribution in [3.8, 4) is 11.8 Å². The molecular formula is C21H15ClN2O2. The van der Waals surface area contributed by atoms with E-state index in [1.807, 2.05) is 42.5 Å². The van der Waals surface area contributed by atoms with Crippen LogP contribution < -0.4 is 10.1 Å². The largest absolute Gasteiger partial charge is 0.496 e. The molecule has 0 aromatic heterocycles. The van der Waals surface area contributed by atoms with Crippen molar-refractivity contribution in [2.75, 3.05) is 12.4 Å². The molecule has 0 spiro atoms. The first-order valence-electron chi connectivity index (χ1n) is 7.87. The number of nitrogens with one attached hydrogen (secondary N) is 1. The van der Waals surface area contributed by atoms with Crippen LogP contribution in [0.3, 0.4) is 0 Å².